The highest BCUT2D eigenvalue weighted by atomic mass is 32.1. The van der Waals surface area contributed by atoms with E-state index in [0.29, 0.717) is 5.76 Å². The number of thiophene rings is 1. The van der Waals surface area contributed by atoms with Gasteiger partial charge in [0.2, 0.25) is 0 Å². The third kappa shape index (κ3) is 1.85. The molecule has 2 heterocycles. The van der Waals surface area contributed by atoms with Crippen molar-refractivity contribution in [2.45, 2.75) is 19.4 Å². The largest absolute Gasteiger partial charge is 0.463 e. The number of aliphatic hydroxyl groups is 1. The van der Waals surface area contributed by atoms with Crippen LogP contribution in [-0.2, 0) is 6.42 Å². The molecule has 3 rings (SSSR count). The molecular formula is C15H14O2S. The molecule has 3 aromatic rings. The first kappa shape index (κ1) is 11.5. The van der Waals surface area contributed by atoms with E-state index in [0.717, 1.165) is 23.1 Å². The number of rotatable bonds is 3. The number of benzene rings is 1. The van der Waals surface area contributed by atoms with Crippen molar-refractivity contribution in [1.29, 1.82) is 0 Å². The summed E-state index contributed by atoms with van der Waals surface area (Å²) in [6.07, 6.45) is 0.165. The number of furan rings is 1. The maximum absolute atomic E-state index is 10.4. The number of aliphatic hydroxyl groups excluding tert-OH is 1. The molecule has 0 radical (unpaired) electrons. The van der Waals surface area contributed by atoms with E-state index in [1.54, 1.807) is 11.3 Å². The monoisotopic (exact) mass is 258 g/mol. The van der Waals surface area contributed by atoms with Gasteiger partial charge in [0.05, 0.1) is 0 Å². The van der Waals surface area contributed by atoms with Crippen LogP contribution >= 0.6 is 11.3 Å². The van der Waals surface area contributed by atoms with Crippen molar-refractivity contribution >= 4 is 21.4 Å². The minimum Gasteiger partial charge on any atom is -0.463 e. The van der Waals surface area contributed by atoms with Crippen LogP contribution < -0.4 is 0 Å². The minimum atomic E-state index is -0.679. The quantitative estimate of drug-likeness (QED) is 0.766. The maximum Gasteiger partial charge on any atom is 0.138 e. The Morgan fingerprint density at radius 2 is 2.06 bits per heavy atom. The molecule has 0 fully saturated rings. The van der Waals surface area contributed by atoms with Gasteiger partial charge in [0.1, 0.15) is 17.6 Å². The molecule has 0 bridgehead atoms. The van der Waals surface area contributed by atoms with Gasteiger partial charge in [-0.25, -0.2) is 0 Å². The molecule has 3 heteroatoms. The van der Waals surface area contributed by atoms with Crippen LogP contribution in [0.5, 0.6) is 0 Å². The normalized spacial score (nSPS) is 13.0. The van der Waals surface area contributed by atoms with Crippen molar-refractivity contribution < 1.29 is 9.52 Å². The highest BCUT2D eigenvalue weighted by molar-refractivity contribution is 7.17. The predicted molar refractivity (Wildman–Crippen MR) is 74.0 cm³/mol. The van der Waals surface area contributed by atoms with Gasteiger partial charge in [-0.15, -0.1) is 11.3 Å². The number of fused-ring (bicyclic) bond motifs is 1. The molecule has 1 N–H and O–H groups in total. The zero-order valence-corrected chi connectivity index (χ0v) is 10.9. The van der Waals surface area contributed by atoms with E-state index in [2.05, 4.69) is 6.07 Å². The fourth-order valence-electron chi connectivity index (χ4n) is 2.09. The van der Waals surface area contributed by atoms with Crippen molar-refractivity contribution in [3.05, 3.63) is 58.9 Å². The van der Waals surface area contributed by atoms with Crippen LogP contribution in [0.1, 0.15) is 30.1 Å². The van der Waals surface area contributed by atoms with Crippen molar-refractivity contribution in [2.75, 3.05) is 0 Å². The van der Waals surface area contributed by atoms with E-state index >= 15 is 0 Å². The Morgan fingerprint density at radius 3 is 2.83 bits per heavy atom. The summed E-state index contributed by atoms with van der Waals surface area (Å²) in [5, 5.41) is 13.5. The van der Waals surface area contributed by atoms with Gasteiger partial charge in [0, 0.05) is 16.7 Å². The van der Waals surface area contributed by atoms with Gasteiger partial charge in [-0.05, 0) is 29.0 Å². The summed E-state index contributed by atoms with van der Waals surface area (Å²) < 4.78 is 6.81. The van der Waals surface area contributed by atoms with E-state index in [-0.39, 0.29) is 0 Å². The smallest absolute Gasteiger partial charge is 0.138 e. The fraction of sp³-hybridized carbons (Fsp3) is 0.200. The van der Waals surface area contributed by atoms with Crippen molar-refractivity contribution in [3.63, 3.8) is 0 Å². The molecule has 92 valence electrons. The highest BCUT2D eigenvalue weighted by Crippen LogP contribution is 2.33. The standard InChI is InChI=1S/C15H14O2S/c1-2-10-7-8-13(17-10)15(16)12-9-18-14-6-4-3-5-11(12)14/h3-9,15-16H,2H2,1H3. The molecule has 2 aromatic heterocycles. The van der Waals surface area contributed by atoms with E-state index in [1.165, 1.54) is 4.70 Å². The van der Waals surface area contributed by atoms with Gasteiger partial charge in [0.25, 0.3) is 0 Å². The first-order valence-corrected chi connectivity index (χ1v) is 6.90. The van der Waals surface area contributed by atoms with Crippen molar-refractivity contribution in [2.24, 2.45) is 0 Å². The summed E-state index contributed by atoms with van der Waals surface area (Å²) in [6, 6.07) is 11.9. The lowest BCUT2D eigenvalue weighted by Crippen LogP contribution is -1.96. The topological polar surface area (TPSA) is 33.4 Å². The second-order valence-corrected chi connectivity index (χ2v) is 5.16. The minimum absolute atomic E-state index is 0.621. The number of aryl methyl sites for hydroxylation is 1. The summed E-state index contributed by atoms with van der Waals surface area (Å²) in [4.78, 5) is 0. The molecule has 0 amide bonds. The Kier molecular flexibility index (Phi) is 2.94. The third-order valence-corrected chi connectivity index (χ3v) is 4.09. The van der Waals surface area contributed by atoms with Crippen LogP contribution in [0, 0.1) is 0 Å². The second kappa shape index (κ2) is 4.59. The van der Waals surface area contributed by atoms with E-state index in [4.69, 9.17) is 4.42 Å². The van der Waals surface area contributed by atoms with E-state index in [1.807, 2.05) is 42.6 Å². The molecule has 0 saturated heterocycles. The Hall–Kier alpha value is -1.58. The lowest BCUT2D eigenvalue weighted by molar-refractivity contribution is 0.189. The van der Waals surface area contributed by atoms with Crippen LogP contribution in [0.3, 0.4) is 0 Å². The van der Waals surface area contributed by atoms with Crippen LogP contribution in [0.2, 0.25) is 0 Å². The van der Waals surface area contributed by atoms with Crippen molar-refractivity contribution in [3.8, 4) is 0 Å². The lowest BCUT2D eigenvalue weighted by Gasteiger charge is -2.06. The first-order valence-electron chi connectivity index (χ1n) is 6.02. The zero-order chi connectivity index (χ0) is 12.5. The molecule has 0 spiro atoms. The molecule has 1 atom stereocenters. The van der Waals surface area contributed by atoms with E-state index < -0.39 is 6.10 Å². The molecule has 1 aromatic carbocycles. The molecule has 1 unspecified atom stereocenters. The van der Waals surface area contributed by atoms with Crippen LogP contribution in [0.25, 0.3) is 10.1 Å². The maximum atomic E-state index is 10.4. The Balaban J connectivity index is 2.03. The van der Waals surface area contributed by atoms with E-state index in [9.17, 15) is 5.11 Å². The molecule has 0 aliphatic carbocycles. The highest BCUT2D eigenvalue weighted by Gasteiger charge is 2.18. The fourth-order valence-corrected chi connectivity index (χ4v) is 3.07. The summed E-state index contributed by atoms with van der Waals surface area (Å²) in [7, 11) is 0. The molecule has 0 saturated carbocycles. The van der Waals surface area contributed by atoms with Gasteiger partial charge >= 0.3 is 0 Å². The third-order valence-electron chi connectivity index (χ3n) is 3.11. The predicted octanol–water partition coefficient (Wildman–Crippen LogP) is 4.14. The summed E-state index contributed by atoms with van der Waals surface area (Å²) in [5.74, 6) is 1.53. The first-order chi connectivity index (χ1) is 8.79. The molecule has 0 aliphatic heterocycles. The zero-order valence-electron chi connectivity index (χ0n) is 10.1. The van der Waals surface area contributed by atoms with Crippen LogP contribution in [0.4, 0.5) is 0 Å². The van der Waals surface area contributed by atoms with Gasteiger partial charge in [-0.2, -0.15) is 0 Å². The Morgan fingerprint density at radius 1 is 1.22 bits per heavy atom. The SMILES string of the molecule is CCc1ccc(C(O)c2csc3ccccc23)o1. The van der Waals surface area contributed by atoms with Gasteiger partial charge in [0.15, 0.2) is 0 Å². The molecular weight excluding hydrogens is 244 g/mol. The Labute approximate surface area is 109 Å². The molecule has 0 aliphatic rings. The number of hydrogen-bond acceptors (Lipinski definition) is 3. The second-order valence-electron chi connectivity index (χ2n) is 4.25. The summed E-state index contributed by atoms with van der Waals surface area (Å²) in [6.45, 7) is 2.04. The summed E-state index contributed by atoms with van der Waals surface area (Å²) in [5.41, 5.74) is 0.924. The van der Waals surface area contributed by atoms with Crippen LogP contribution in [-0.4, -0.2) is 5.11 Å². The van der Waals surface area contributed by atoms with Gasteiger partial charge in [-0.3, -0.25) is 0 Å². The molecule has 18 heavy (non-hydrogen) atoms. The summed E-state index contributed by atoms with van der Waals surface area (Å²) >= 11 is 1.65. The number of hydrogen-bond donors (Lipinski definition) is 1. The van der Waals surface area contributed by atoms with Crippen LogP contribution in [0.15, 0.2) is 46.2 Å². The average Bonchev–Trinajstić information content (AvgIpc) is 3.04. The van der Waals surface area contributed by atoms with Gasteiger partial charge in [-0.1, -0.05) is 25.1 Å². The average molecular weight is 258 g/mol. The van der Waals surface area contributed by atoms with Crippen molar-refractivity contribution in [1.82, 2.24) is 0 Å². The molecule has 2 nitrogen and oxygen atoms in total. The lowest BCUT2D eigenvalue weighted by atomic mass is 10.1. The van der Waals surface area contributed by atoms with Gasteiger partial charge < -0.3 is 9.52 Å². The Bertz CT molecular complexity index is 666.